The third-order valence-electron chi connectivity index (χ3n) is 3.23. The van der Waals surface area contributed by atoms with Gasteiger partial charge in [0.25, 0.3) is 0 Å². The van der Waals surface area contributed by atoms with Gasteiger partial charge < -0.3 is 15.2 Å². The van der Waals surface area contributed by atoms with E-state index in [0.29, 0.717) is 12.5 Å². The van der Waals surface area contributed by atoms with Crippen LogP contribution in [0.3, 0.4) is 0 Å². The largest absolute Gasteiger partial charge is 0.384 e. The Bertz CT molecular complexity index is 383. The van der Waals surface area contributed by atoms with E-state index in [1.54, 1.807) is 0 Å². The predicted molar refractivity (Wildman–Crippen MR) is 70.7 cm³/mol. The zero-order chi connectivity index (χ0) is 12.8. The molecule has 0 aromatic heterocycles. The summed E-state index contributed by atoms with van der Waals surface area (Å²) >= 11 is 0. The Balaban J connectivity index is 1.74. The van der Waals surface area contributed by atoms with Gasteiger partial charge in [-0.2, -0.15) is 0 Å². The lowest BCUT2D eigenvalue weighted by atomic mass is 10.0. The second-order valence-electron chi connectivity index (χ2n) is 4.68. The summed E-state index contributed by atoms with van der Waals surface area (Å²) in [4.78, 5) is 0. The Morgan fingerprint density at radius 2 is 1.94 bits per heavy atom. The predicted octanol–water partition coefficient (Wildman–Crippen LogP) is 1.91. The molecule has 1 aliphatic rings. The van der Waals surface area contributed by atoms with Crippen LogP contribution in [0, 0.1) is 11.3 Å². The number of rotatable bonds is 5. The fraction of sp³-hybridized carbons (Fsp3) is 0.500. The first-order valence-electron chi connectivity index (χ1n) is 6.34. The van der Waals surface area contributed by atoms with Gasteiger partial charge in [0.15, 0.2) is 0 Å². The van der Waals surface area contributed by atoms with Crippen molar-refractivity contribution in [3.8, 4) is 0 Å². The lowest BCUT2D eigenvalue weighted by Gasteiger charge is -2.21. The summed E-state index contributed by atoms with van der Waals surface area (Å²) < 4.78 is 11.0. The molecule has 1 aromatic rings. The van der Waals surface area contributed by atoms with Crippen LogP contribution < -0.4 is 5.73 Å². The molecule has 0 bridgehead atoms. The topological polar surface area (TPSA) is 68.3 Å². The van der Waals surface area contributed by atoms with Gasteiger partial charge in [-0.1, -0.05) is 24.3 Å². The minimum absolute atomic E-state index is 0.102. The van der Waals surface area contributed by atoms with Crippen molar-refractivity contribution in [2.75, 3.05) is 19.8 Å². The zero-order valence-electron chi connectivity index (χ0n) is 10.5. The number of nitrogen functional groups attached to an aromatic ring is 1. The standard InChI is InChI=1S/C14H20N2O2/c15-14(16)13-3-1-11(2-4-13)9-18-10-12-5-7-17-8-6-12/h1-4,12H,5-10H2,(H3,15,16). The van der Waals surface area contributed by atoms with Crippen LogP contribution in [0.4, 0.5) is 0 Å². The number of hydrogen-bond donors (Lipinski definition) is 2. The molecule has 1 aromatic carbocycles. The molecule has 2 rings (SSSR count). The molecule has 98 valence electrons. The van der Waals surface area contributed by atoms with Crippen molar-refractivity contribution in [2.45, 2.75) is 19.4 Å². The molecule has 1 heterocycles. The molecule has 0 radical (unpaired) electrons. The Morgan fingerprint density at radius 3 is 2.56 bits per heavy atom. The lowest BCUT2D eigenvalue weighted by molar-refractivity contribution is 0.0157. The maximum Gasteiger partial charge on any atom is 0.122 e. The van der Waals surface area contributed by atoms with Crippen molar-refractivity contribution in [1.29, 1.82) is 5.41 Å². The van der Waals surface area contributed by atoms with Gasteiger partial charge >= 0.3 is 0 Å². The number of amidine groups is 1. The summed E-state index contributed by atoms with van der Waals surface area (Å²) in [6.45, 7) is 3.15. The van der Waals surface area contributed by atoms with E-state index in [1.165, 1.54) is 0 Å². The molecule has 1 saturated heterocycles. The van der Waals surface area contributed by atoms with Crippen molar-refractivity contribution in [3.63, 3.8) is 0 Å². The second kappa shape index (κ2) is 6.52. The van der Waals surface area contributed by atoms with E-state index in [9.17, 15) is 0 Å². The van der Waals surface area contributed by atoms with E-state index in [2.05, 4.69) is 0 Å². The summed E-state index contributed by atoms with van der Waals surface area (Å²) in [6, 6.07) is 7.63. The number of hydrogen-bond acceptors (Lipinski definition) is 3. The minimum Gasteiger partial charge on any atom is -0.384 e. The summed E-state index contributed by atoms with van der Waals surface area (Å²) in [6.07, 6.45) is 2.20. The van der Waals surface area contributed by atoms with Crippen molar-refractivity contribution in [3.05, 3.63) is 35.4 Å². The van der Waals surface area contributed by atoms with Gasteiger partial charge in [-0.05, 0) is 24.3 Å². The molecule has 0 amide bonds. The van der Waals surface area contributed by atoms with Gasteiger partial charge in [-0.3, -0.25) is 5.41 Å². The van der Waals surface area contributed by atoms with Crippen molar-refractivity contribution < 1.29 is 9.47 Å². The highest BCUT2D eigenvalue weighted by Crippen LogP contribution is 2.15. The second-order valence-corrected chi connectivity index (χ2v) is 4.68. The Morgan fingerprint density at radius 1 is 1.28 bits per heavy atom. The lowest BCUT2D eigenvalue weighted by Crippen LogP contribution is -2.20. The van der Waals surface area contributed by atoms with E-state index < -0.39 is 0 Å². The van der Waals surface area contributed by atoms with E-state index in [-0.39, 0.29) is 5.84 Å². The van der Waals surface area contributed by atoms with Gasteiger partial charge in [0.1, 0.15) is 5.84 Å². The molecule has 0 aliphatic carbocycles. The molecular weight excluding hydrogens is 228 g/mol. The fourth-order valence-corrected chi connectivity index (χ4v) is 2.04. The van der Waals surface area contributed by atoms with E-state index in [4.69, 9.17) is 20.6 Å². The molecule has 1 fully saturated rings. The maximum absolute atomic E-state index is 7.31. The summed E-state index contributed by atoms with van der Waals surface area (Å²) in [5.41, 5.74) is 7.27. The molecule has 3 N–H and O–H groups in total. The highest BCUT2D eigenvalue weighted by Gasteiger charge is 2.13. The van der Waals surface area contributed by atoms with Crippen LogP contribution >= 0.6 is 0 Å². The first-order chi connectivity index (χ1) is 8.75. The van der Waals surface area contributed by atoms with E-state index in [0.717, 1.165) is 43.8 Å². The van der Waals surface area contributed by atoms with Crippen LogP contribution in [0.2, 0.25) is 0 Å². The molecular formula is C14H20N2O2. The fourth-order valence-electron chi connectivity index (χ4n) is 2.04. The number of nitrogens with one attached hydrogen (secondary N) is 1. The molecule has 0 spiro atoms. The van der Waals surface area contributed by atoms with Crippen molar-refractivity contribution >= 4 is 5.84 Å². The van der Waals surface area contributed by atoms with Crippen LogP contribution in [0.5, 0.6) is 0 Å². The first-order valence-corrected chi connectivity index (χ1v) is 6.34. The monoisotopic (exact) mass is 248 g/mol. The highest BCUT2D eigenvalue weighted by molar-refractivity contribution is 5.94. The summed E-state index contributed by atoms with van der Waals surface area (Å²) in [7, 11) is 0. The molecule has 0 atom stereocenters. The Labute approximate surface area is 108 Å². The highest BCUT2D eigenvalue weighted by atomic mass is 16.5. The van der Waals surface area contributed by atoms with Gasteiger partial charge in [0.05, 0.1) is 13.2 Å². The average molecular weight is 248 g/mol. The summed E-state index contributed by atoms with van der Waals surface area (Å²) in [5.74, 6) is 0.736. The molecule has 4 nitrogen and oxygen atoms in total. The van der Waals surface area contributed by atoms with Crippen LogP contribution in [0.15, 0.2) is 24.3 Å². The third kappa shape index (κ3) is 3.82. The SMILES string of the molecule is N=C(N)c1ccc(COCC2CCOCC2)cc1. The first kappa shape index (κ1) is 13.1. The minimum atomic E-state index is 0.102. The summed E-state index contributed by atoms with van der Waals surface area (Å²) in [5, 5.41) is 7.31. The molecule has 4 heteroatoms. The Hall–Kier alpha value is -1.39. The normalized spacial score (nSPS) is 16.7. The van der Waals surface area contributed by atoms with Gasteiger partial charge in [-0.15, -0.1) is 0 Å². The van der Waals surface area contributed by atoms with Crippen LogP contribution in [-0.4, -0.2) is 25.7 Å². The van der Waals surface area contributed by atoms with Crippen LogP contribution in [0.25, 0.3) is 0 Å². The van der Waals surface area contributed by atoms with E-state index >= 15 is 0 Å². The smallest absolute Gasteiger partial charge is 0.122 e. The third-order valence-corrected chi connectivity index (χ3v) is 3.23. The number of nitrogens with two attached hydrogens (primary N) is 1. The van der Waals surface area contributed by atoms with Crippen molar-refractivity contribution in [1.82, 2.24) is 0 Å². The van der Waals surface area contributed by atoms with E-state index in [1.807, 2.05) is 24.3 Å². The molecule has 0 saturated carbocycles. The van der Waals surface area contributed by atoms with Gasteiger partial charge in [-0.25, -0.2) is 0 Å². The number of benzene rings is 1. The van der Waals surface area contributed by atoms with Gasteiger partial charge in [0.2, 0.25) is 0 Å². The maximum atomic E-state index is 7.31. The number of ether oxygens (including phenoxy) is 2. The van der Waals surface area contributed by atoms with Gasteiger partial charge in [0, 0.05) is 18.8 Å². The van der Waals surface area contributed by atoms with Crippen molar-refractivity contribution in [2.24, 2.45) is 11.7 Å². The quantitative estimate of drug-likeness (QED) is 0.618. The Kier molecular flexibility index (Phi) is 4.73. The zero-order valence-corrected chi connectivity index (χ0v) is 10.5. The molecule has 0 unspecified atom stereocenters. The van der Waals surface area contributed by atoms with Crippen LogP contribution in [-0.2, 0) is 16.1 Å². The molecule has 18 heavy (non-hydrogen) atoms. The molecule has 1 aliphatic heterocycles. The van der Waals surface area contributed by atoms with Crippen LogP contribution in [0.1, 0.15) is 24.0 Å². The average Bonchev–Trinajstić information content (AvgIpc) is 2.40.